The summed E-state index contributed by atoms with van der Waals surface area (Å²) in [5.41, 5.74) is 6.73. The number of benzene rings is 1. The Bertz CT molecular complexity index is 1120. The van der Waals surface area contributed by atoms with E-state index in [1.54, 1.807) is 11.9 Å². The molecule has 0 saturated carbocycles. The van der Waals surface area contributed by atoms with Crippen LogP contribution in [0.1, 0.15) is 16.1 Å². The van der Waals surface area contributed by atoms with Crippen LogP contribution in [0.15, 0.2) is 47.5 Å². The molecule has 0 radical (unpaired) electrons. The number of rotatable bonds is 7. The number of sulfonamides is 1. The Balaban J connectivity index is 1.25. The van der Waals surface area contributed by atoms with E-state index < -0.39 is 15.9 Å². The van der Waals surface area contributed by atoms with Crippen molar-refractivity contribution in [2.24, 2.45) is 12.8 Å². The van der Waals surface area contributed by atoms with E-state index in [0.29, 0.717) is 19.6 Å². The Morgan fingerprint density at radius 3 is 2.12 bits per heavy atom. The van der Waals surface area contributed by atoms with Gasteiger partial charge in [0, 0.05) is 72.1 Å². The molecule has 1 aromatic carbocycles. The number of primary amides is 1. The first-order chi connectivity index (χ1) is 16.2. The van der Waals surface area contributed by atoms with Gasteiger partial charge in [0.05, 0.1) is 6.54 Å². The number of hydrogen-bond acceptors (Lipinski definition) is 6. The fourth-order valence-electron chi connectivity index (χ4n) is 4.49. The third-order valence-electron chi connectivity index (χ3n) is 6.53. The van der Waals surface area contributed by atoms with Crippen molar-refractivity contribution in [3.8, 4) is 0 Å². The normalized spacial score (nSPS) is 18.8. The van der Waals surface area contributed by atoms with E-state index in [0.717, 1.165) is 32.7 Å². The van der Waals surface area contributed by atoms with Gasteiger partial charge in [0.2, 0.25) is 15.9 Å². The van der Waals surface area contributed by atoms with Crippen molar-refractivity contribution < 1.29 is 18.0 Å². The van der Waals surface area contributed by atoms with E-state index in [-0.39, 0.29) is 29.6 Å². The van der Waals surface area contributed by atoms with E-state index in [9.17, 15) is 18.0 Å². The summed E-state index contributed by atoms with van der Waals surface area (Å²) in [5, 5.41) is 0. The van der Waals surface area contributed by atoms with Crippen LogP contribution < -0.4 is 5.73 Å². The molecule has 1 aromatic heterocycles. The molecular formula is C23H32N6O4S. The summed E-state index contributed by atoms with van der Waals surface area (Å²) in [6.45, 7) is 5.92. The maximum absolute atomic E-state index is 13.0. The monoisotopic (exact) mass is 488 g/mol. The van der Waals surface area contributed by atoms with Crippen LogP contribution in [0.3, 0.4) is 0 Å². The van der Waals surface area contributed by atoms with E-state index in [1.165, 1.54) is 26.7 Å². The minimum Gasteiger partial charge on any atom is -0.364 e. The molecule has 2 aromatic rings. The Morgan fingerprint density at radius 2 is 1.53 bits per heavy atom. The number of carbonyl (C=O) groups excluding carboxylic acids is 2. The molecule has 184 valence electrons. The van der Waals surface area contributed by atoms with Crippen molar-refractivity contribution in [1.29, 1.82) is 0 Å². The third kappa shape index (κ3) is 5.49. The number of aryl methyl sites for hydroxylation is 1. The Labute approximate surface area is 200 Å². The molecule has 10 nitrogen and oxygen atoms in total. The molecule has 2 aliphatic heterocycles. The average Bonchev–Trinajstić information content (AvgIpc) is 3.24. The molecule has 4 rings (SSSR count). The van der Waals surface area contributed by atoms with Gasteiger partial charge in [0.15, 0.2) is 0 Å². The average molecular weight is 489 g/mol. The zero-order valence-corrected chi connectivity index (χ0v) is 20.3. The molecule has 0 spiro atoms. The van der Waals surface area contributed by atoms with Crippen LogP contribution in [-0.4, -0.2) is 103 Å². The van der Waals surface area contributed by atoms with Gasteiger partial charge in [0.25, 0.3) is 5.91 Å². The predicted molar refractivity (Wildman–Crippen MR) is 127 cm³/mol. The van der Waals surface area contributed by atoms with Crippen LogP contribution in [0.25, 0.3) is 0 Å². The summed E-state index contributed by atoms with van der Waals surface area (Å²) < 4.78 is 28.7. The van der Waals surface area contributed by atoms with Crippen molar-refractivity contribution in [2.45, 2.75) is 11.4 Å². The zero-order chi connectivity index (χ0) is 24.3. The second-order valence-electron chi connectivity index (χ2n) is 8.86. The summed E-state index contributed by atoms with van der Waals surface area (Å²) in [6.07, 6.45) is 1.39. The van der Waals surface area contributed by atoms with Crippen LogP contribution in [0, 0.1) is 0 Å². The Morgan fingerprint density at radius 1 is 0.912 bits per heavy atom. The lowest BCUT2D eigenvalue weighted by atomic mass is 10.2. The van der Waals surface area contributed by atoms with Gasteiger partial charge in [-0.25, -0.2) is 8.42 Å². The second-order valence-corrected chi connectivity index (χ2v) is 10.8. The highest BCUT2D eigenvalue weighted by atomic mass is 32.2. The number of hydrogen-bond donors (Lipinski definition) is 1. The lowest BCUT2D eigenvalue weighted by Crippen LogP contribution is -2.54. The molecule has 2 N–H and O–H groups in total. The molecule has 0 aliphatic carbocycles. The summed E-state index contributed by atoms with van der Waals surface area (Å²) >= 11 is 0. The molecule has 3 heterocycles. The quantitative estimate of drug-likeness (QED) is 0.577. The molecule has 11 heteroatoms. The minimum absolute atomic E-state index is 0.0317. The highest BCUT2D eigenvalue weighted by Crippen LogP contribution is 2.20. The van der Waals surface area contributed by atoms with Gasteiger partial charge < -0.3 is 15.2 Å². The summed E-state index contributed by atoms with van der Waals surface area (Å²) in [5.74, 6) is -0.649. The maximum Gasteiger partial charge on any atom is 0.265 e. The van der Waals surface area contributed by atoms with Gasteiger partial charge in [-0.3, -0.25) is 19.4 Å². The zero-order valence-electron chi connectivity index (χ0n) is 19.5. The molecular weight excluding hydrogens is 456 g/mol. The molecule has 2 fully saturated rings. The van der Waals surface area contributed by atoms with Crippen LogP contribution in [0.5, 0.6) is 0 Å². The number of piperazine rings is 2. The topological polar surface area (TPSA) is 112 Å². The summed E-state index contributed by atoms with van der Waals surface area (Å²) in [6, 6.07) is 11.7. The van der Waals surface area contributed by atoms with Gasteiger partial charge in [0.1, 0.15) is 10.6 Å². The summed E-state index contributed by atoms with van der Waals surface area (Å²) in [7, 11) is -2.17. The van der Waals surface area contributed by atoms with Crippen molar-refractivity contribution in [2.75, 3.05) is 58.9 Å². The second kappa shape index (κ2) is 10.3. The number of nitrogens with two attached hydrogens (primary N) is 1. The highest BCUT2D eigenvalue weighted by Gasteiger charge is 2.32. The Hall–Kier alpha value is -2.73. The standard InChI is InChI=1S/C23H32N6O4S/c1-25-17-20(15-21(25)23(24)31)34(32,33)29-13-11-28(12-14-29)22(30)18-27-9-7-26(8-10-27)16-19-5-3-2-4-6-19/h2-6,15,17H,7-14,16,18H2,1H3,(H2,24,31). The van der Waals surface area contributed by atoms with Gasteiger partial charge in [-0.05, 0) is 11.6 Å². The number of amides is 2. The van der Waals surface area contributed by atoms with Gasteiger partial charge in [-0.1, -0.05) is 30.3 Å². The maximum atomic E-state index is 13.0. The fourth-order valence-corrected chi connectivity index (χ4v) is 5.98. The van der Waals surface area contributed by atoms with E-state index in [2.05, 4.69) is 21.9 Å². The van der Waals surface area contributed by atoms with Gasteiger partial charge in [-0.2, -0.15) is 4.31 Å². The van der Waals surface area contributed by atoms with Crippen LogP contribution in [-0.2, 0) is 28.4 Å². The number of carbonyl (C=O) groups is 2. The number of aromatic nitrogens is 1. The largest absolute Gasteiger partial charge is 0.364 e. The van der Waals surface area contributed by atoms with Crippen molar-refractivity contribution in [3.63, 3.8) is 0 Å². The van der Waals surface area contributed by atoms with Crippen molar-refractivity contribution >= 4 is 21.8 Å². The van der Waals surface area contributed by atoms with Crippen LogP contribution in [0.4, 0.5) is 0 Å². The molecule has 2 amide bonds. The fraction of sp³-hybridized carbons (Fsp3) is 0.478. The molecule has 0 atom stereocenters. The third-order valence-corrected chi connectivity index (χ3v) is 8.40. The number of nitrogens with zero attached hydrogens (tertiary/aromatic N) is 5. The smallest absolute Gasteiger partial charge is 0.265 e. The first-order valence-corrected chi connectivity index (χ1v) is 12.9. The van der Waals surface area contributed by atoms with Gasteiger partial charge >= 0.3 is 0 Å². The molecule has 0 bridgehead atoms. The van der Waals surface area contributed by atoms with E-state index >= 15 is 0 Å². The lowest BCUT2D eigenvalue weighted by Gasteiger charge is -2.37. The highest BCUT2D eigenvalue weighted by molar-refractivity contribution is 7.89. The SMILES string of the molecule is Cn1cc(S(=O)(=O)N2CCN(C(=O)CN3CCN(Cc4ccccc4)CC3)CC2)cc1C(N)=O. The molecule has 2 saturated heterocycles. The van der Waals surface area contributed by atoms with E-state index in [1.807, 2.05) is 18.2 Å². The van der Waals surface area contributed by atoms with Crippen molar-refractivity contribution in [3.05, 3.63) is 53.9 Å². The molecule has 34 heavy (non-hydrogen) atoms. The summed E-state index contributed by atoms with van der Waals surface area (Å²) in [4.78, 5) is 30.6. The van der Waals surface area contributed by atoms with Crippen LogP contribution in [0.2, 0.25) is 0 Å². The van der Waals surface area contributed by atoms with Crippen molar-refractivity contribution in [1.82, 2.24) is 23.6 Å². The molecule has 2 aliphatic rings. The Kier molecular flexibility index (Phi) is 7.36. The molecule has 0 unspecified atom stereocenters. The minimum atomic E-state index is -3.75. The van der Waals surface area contributed by atoms with Crippen LogP contribution >= 0.6 is 0 Å². The lowest BCUT2D eigenvalue weighted by molar-refractivity contribution is -0.134. The van der Waals surface area contributed by atoms with E-state index in [4.69, 9.17) is 5.73 Å². The first kappa shape index (κ1) is 24.4. The predicted octanol–water partition coefficient (Wildman–Crippen LogP) is -0.225. The van der Waals surface area contributed by atoms with Gasteiger partial charge in [-0.15, -0.1) is 0 Å². The first-order valence-electron chi connectivity index (χ1n) is 11.5.